The number of fused-ring (bicyclic) bond motifs is 1. The fourth-order valence-electron chi connectivity index (χ4n) is 4.77. The van der Waals surface area contributed by atoms with Crippen molar-refractivity contribution in [1.82, 2.24) is 35.6 Å². The molecule has 220 valence electrons. The number of nitrogens with one attached hydrogen (secondary N) is 1. The number of aromatic nitrogens is 5. The Bertz CT molecular complexity index is 1760. The first-order valence-corrected chi connectivity index (χ1v) is 13.5. The molecule has 5 aromatic rings. The summed E-state index contributed by atoms with van der Waals surface area (Å²) in [5.41, 5.74) is 10.7. The van der Waals surface area contributed by atoms with Crippen LogP contribution in [0.5, 0.6) is 11.5 Å². The van der Waals surface area contributed by atoms with E-state index < -0.39 is 5.91 Å². The molecule has 0 radical (unpaired) electrons. The van der Waals surface area contributed by atoms with Crippen molar-refractivity contribution in [1.29, 1.82) is 0 Å². The van der Waals surface area contributed by atoms with Crippen molar-refractivity contribution in [3.05, 3.63) is 83.2 Å². The Morgan fingerprint density at radius 2 is 1.93 bits per heavy atom. The number of rotatable bonds is 10. The van der Waals surface area contributed by atoms with E-state index in [9.17, 15) is 4.79 Å². The number of carbonyl (C=O) groups is 1. The van der Waals surface area contributed by atoms with E-state index in [2.05, 4.69) is 54.3 Å². The van der Waals surface area contributed by atoms with Crippen molar-refractivity contribution >= 4 is 28.7 Å². The molecule has 3 heterocycles. The molecule has 0 atom stereocenters. The molecule has 14 nitrogen and oxygen atoms in total. The Morgan fingerprint density at radius 1 is 1.09 bits per heavy atom. The summed E-state index contributed by atoms with van der Waals surface area (Å²) in [5.74, 6) is 0.736. The van der Waals surface area contributed by atoms with Crippen LogP contribution in [0.3, 0.4) is 0 Å². The van der Waals surface area contributed by atoms with Gasteiger partial charge in [-0.15, -0.1) is 5.10 Å². The molecule has 3 N–H and O–H groups in total. The number of amides is 1. The minimum atomic E-state index is -0.553. The number of hydrogen-bond donors (Lipinski definition) is 2. The Kier molecular flexibility index (Phi) is 8.19. The van der Waals surface area contributed by atoms with E-state index in [1.165, 1.54) is 10.9 Å². The van der Waals surface area contributed by atoms with Crippen LogP contribution in [0.25, 0.3) is 16.6 Å². The SMILES string of the molecule is COc1cc(/C=N/NC(=O)c2nnn(-c3nonc3N)c2CN2CCOCC2)ccc1OCc1cccc2ccccc12. The number of benzene rings is 3. The molecule has 1 amide bonds. The molecule has 0 aliphatic carbocycles. The van der Waals surface area contributed by atoms with Crippen LogP contribution >= 0.6 is 0 Å². The van der Waals surface area contributed by atoms with Gasteiger partial charge in [0.15, 0.2) is 17.2 Å². The third kappa shape index (κ3) is 6.14. The molecule has 0 spiro atoms. The zero-order chi connectivity index (χ0) is 29.6. The third-order valence-electron chi connectivity index (χ3n) is 6.98. The van der Waals surface area contributed by atoms with Gasteiger partial charge in [0.2, 0.25) is 11.6 Å². The highest BCUT2D eigenvalue weighted by Gasteiger charge is 2.26. The topological polar surface area (TPSA) is 168 Å². The highest BCUT2D eigenvalue weighted by atomic mass is 16.6. The zero-order valence-electron chi connectivity index (χ0n) is 23.3. The van der Waals surface area contributed by atoms with Crippen molar-refractivity contribution in [3.63, 3.8) is 0 Å². The molecule has 1 aliphatic rings. The van der Waals surface area contributed by atoms with Crippen LogP contribution in [0.4, 0.5) is 5.82 Å². The van der Waals surface area contributed by atoms with Crippen LogP contribution in [0.15, 0.2) is 70.4 Å². The van der Waals surface area contributed by atoms with E-state index in [0.29, 0.717) is 62.2 Å². The Hall–Kier alpha value is -5.34. The summed E-state index contributed by atoms with van der Waals surface area (Å²) in [6, 6.07) is 19.7. The number of nitrogen functional groups attached to an aromatic ring is 1. The summed E-state index contributed by atoms with van der Waals surface area (Å²) >= 11 is 0. The molecular formula is C29H29N9O5. The largest absolute Gasteiger partial charge is 0.493 e. The van der Waals surface area contributed by atoms with Crippen molar-refractivity contribution in [2.75, 3.05) is 39.1 Å². The fraction of sp³-hybridized carbons (Fsp3) is 0.241. The van der Waals surface area contributed by atoms with E-state index in [4.69, 9.17) is 24.6 Å². The predicted octanol–water partition coefficient (Wildman–Crippen LogP) is 2.57. The van der Waals surface area contributed by atoms with Gasteiger partial charge in [0.05, 0.1) is 32.2 Å². The first-order chi connectivity index (χ1) is 21.1. The van der Waals surface area contributed by atoms with Crippen molar-refractivity contribution < 1.29 is 23.6 Å². The van der Waals surface area contributed by atoms with E-state index in [1.54, 1.807) is 19.2 Å². The lowest BCUT2D eigenvalue weighted by Gasteiger charge is -2.26. The Balaban J connectivity index is 1.15. The van der Waals surface area contributed by atoms with Crippen LogP contribution < -0.4 is 20.6 Å². The third-order valence-corrected chi connectivity index (χ3v) is 6.98. The van der Waals surface area contributed by atoms with Gasteiger partial charge < -0.3 is 19.9 Å². The lowest BCUT2D eigenvalue weighted by Crippen LogP contribution is -2.37. The highest BCUT2D eigenvalue weighted by Crippen LogP contribution is 2.29. The summed E-state index contributed by atoms with van der Waals surface area (Å²) in [6.45, 7) is 3.26. The van der Waals surface area contributed by atoms with Crippen LogP contribution in [-0.2, 0) is 17.9 Å². The second-order valence-electron chi connectivity index (χ2n) is 9.69. The second kappa shape index (κ2) is 12.7. The Labute approximate surface area is 246 Å². The smallest absolute Gasteiger partial charge is 0.293 e. The number of methoxy groups -OCH3 is 1. The monoisotopic (exact) mass is 583 g/mol. The van der Waals surface area contributed by atoms with Crippen molar-refractivity contribution in [2.45, 2.75) is 13.2 Å². The number of hydrazone groups is 1. The summed E-state index contributed by atoms with van der Waals surface area (Å²) < 4.78 is 23.2. The summed E-state index contributed by atoms with van der Waals surface area (Å²) in [6.07, 6.45) is 1.50. The normalized spacial score (nSPS) is 13.9. The fourth-order valence-corrected chi connectivity index (χ4v) is 4.77. The van der Waals surface area contributed by atoms with Crippen molar-refractivity contribution in [2.24, 2.45) is 5.10 Å². The van der Waals surface area contributed by atoms with Crippen molar-refractivity contribution in [3.8, 4) is 17.3 Å². The van der Waals surface area contributed by atoms with Gasteiger partial charge in [0, 0.05) is 19.6 Å². The molecule has 1 aliphatic heterocycles. The van der Waals surface area contributed by atoms with Gasteiger partial charge in [-0.25, -0.2) is 10.1 Å². The standard InChI is InChI=1S/C29H29N9O5/c1-40-25-15-19(9-10-24(25)42-18-21-7-4-6-20-5-2-3-8-22(20)21)16-31-33-29(39)26-23(17-37-11-13-41-14-12-37)38(36-32-26)28-27(30)34-43-35-28/h2-10,15-16H,11-14,17-18H2,1H3,(H2,30,34)(H,33,39)/b31-16+. The number of hydrogen-bond acceptors (Lipinski definition) is 12. The molecule has 2 aromatic heterocycles. The van der Waals surface area contributed by atoms with Gasteiger partial charge in [-0.1, -0.05) is 47.7 Å². The zero-order valence-corrected chi connectivity index (χ0v) is 23.3. The van der Waals surface area contributed by atoms with Gasteiger partial charge in [-0.3, -0.25) is 9.69 Å². The number of morpholine rings is 1. The molecule has 0 bridgehead atoms. The molecule has 1 fully saturated rings. The van der Waals surface area contributed by atoms with Gasteiger partial charge in [-0.2, -0.15) is 9.78 Å². The number of carbonyl (C=O) groups excluding carboxylic acids is 1. The minimum Gasteiger partial charge on any atom is -0.493 e. The number of nitrogens with zero attached hydrogens (tertiary/aromatic N) is 7. The van der Waals surface area contributed by atoms with E-state index in [-0.39, 0.29) is 17.3 Å². The summed E-state index contributed by atoms with van der Waals surface area (Å²) in [5, 5.41) is 22.0. The van der Waals surface area contributed by atoms with E-state index in [0.717, 1.165) is 16.3 Å². The van der Waals surface area contributed by atoms with Crippen LogP contribution in [0.1, 0.15) is 27.3 Å². The highest BCUT2D eigenvalue weighted by molar-refractivity contribution is 5.94. The first kappa shape index (κ1) is 27.8. The maximum atomic E-state index is 13.1. The lowest BCUT2D eigenvalue weighted by molar-refractivity contribution is 0.0332. The van der Waals surface area contributed by atoms with Gasteiger partial charge in [0.1, 0.15) is 6.61 Å². The van der Waals surface area contributed by atoms with Gasteiger partial charge >= 0.3 is 0 Å². The average molecular weight is 584 g/mol. The quantitative estimate of drug-likeness (QED) is 0.183. The molecule has 0 saturated carbocycles. The maximum absolute atomic E-state index is 13.1. The number of anilines is 1. The second-order valence-corrected chi connectivity index (χ2v) is 9.69. The van der Waals surface area contributed by atoms with Crippen LogP contribution in [0.2, 0.25) is 0 Å². The number of ether oxygens (including phenoxy) is 3. The average Bonchev–Trinajstić information content (AvgIpc) is 3.66. The maximum Gasteiger partial charge on any atom is 0.293 e. The van der Waals surface area contributed by atoms with E-state index in [1.807, 2.05) is 30.3 Å². The van der Waals surface area contributed by atoms with Gasteiger partial charge in [0.25, 0.3) is 5.91 Å². The molecule has 3 aromatic carbocycles. The molecule has 6 rings (SSSR count). The summed E-state index contributed by atoms with van der Waals surface area (Å²) in [4.78, 5) is 15.2. The summed E-state index contributed by atoms with van der Waals surface area (Å²) in [7, 11) is 1.57. The molecule has 43 heavy (non-hydrogen) atoms. The lowest BCUT2D eigenvalue weighted by atomic mass is 10.1. The molecule has 14 heteroatoms. The predicted molar refractivity (Wildman–Crippen MR) is 156 cm³/mol. The molecular weight excluding hydrogens is 554 g/mol. The molecule has 1 saturated heterocycles. The first-order valence-electron chi connectivity index (χ1n) is 13.5. The van der Waals surface area contributed by atoms with E-state index >= 15 is 0 Å². The van der Waals surface area contributed by atoms with Crippen LogP contribution in [0, 0.1) is 0 Å². The van der Waals surface area contributed by atoms with Gasteiger partial charge in [-0.05, 0) is 50.4 Å². The Morgan fingerprint density at radius 3 is 2.74 bits per heavy atom. The number of nitrogens with two attached hydrogens (primary N) is 1. The molecule has 0 unspecified atom stereocenters. The van der Waals surface area contributed by atoms with Crippen LogP contribution in [-0.4, -0.2) is 75.7 Å². The minimum absolute atomic E-state index is 0.0246.